The third-order valence-corrected chi connectivity index (χ3v) is 6.39. The second-order valence-electron chi connectivity index (χ2n) is 9.21. The van der Waals surface area contributed by atoms with Gasteiger partial charge in [0.05, 0.1) is 30.3 Å². The van der Waals surface area contributed by atoms with Crippen LogP contribution in [0.4, 0.5) is 5.69 Å². The van der Waals surface area contributed by atoms with Crippen molar-refractivity contribution in [1.82, 2.24) is 0 Å². The summed E-state index contributed by atoms with van der Waals surface area (Å²) in [6, 6.07) is 12.3. The Morgan fingerprint density at radius 3 is 1.52 bits per heavy atom. The molecule has 0 spiro atoms. The van der Waals surface area contributed by atoms with Gasteiger partial charge in [0.15, 0.2) is 0 Å². The van der Waals surface area contributed by atoms with Crippen molar-refractivity contribution in [2.24, 2.45) is 0 Å². The molecule has 0 radical (unpaired) electrons. The number of ether oxygens (including phenoxy) is 3. The standard InChI is InChI=1S/C12H13NO4.C12H14O2.C4H6O3.HNO3/c1-17-12(14)9-5-6-10(8-3-2-4-8)11(7-9)13(15)16;1-14-12(13)11-7-5-10(6-8-11)9-3-2-4-9;1-3(5)7-4(2)6;2-1(3)4/h5-8H,2-4H2,1H3;5-9H,2-4H2,1H3;1-2H3;(H,2,3,4). The van der Waals surface area contributed by atoms with E-state index in [1.807, 2.05) is 24.3 Å². The molecule has 14 nitrogen and oxygen atoms in total. The Kier molecular flexibility index (Phi) is 14.8. The molecule has 2 saturated carbocycles. The average molecular weight is 591 g/mol. The highest BCUT2D eigenvalue weighted by molar-refractivity contribution is 5.90. The number of benzene rings is 2. The Labute approximate surface area is 241 Å². The molecule has 0 bridgehead atoms. The first kappa shape index (κ1) is 35.1. The summed E-state index contributed by atoms with van der Waals surface area (Å²) in [6.45, 7) is 2.36. The number of carbonyl (C=O) groups excluding carboxylic acids is 4. The van der Waals surface area contributed by atoms with Gasteiger partial charge in [-0.1, -0.05) is 31.0 Å². The van der Waals surface area contributed by atoms with E-state index in [1.54, 1.807) is 12.1 Å². The number of esters is 4. The highest BCUT2D eigenvalue weighted by Gasteiger charge is 2.28. The maximum absolute atomic E-state index is 11.3. The summed E-state index contributed by atoms with van der Waals surface area (Å²) in [7, 11) is 2.66. The Morgan fingerprint density at radius 2 is 1.19 bits per heavy atom. The summed E-state index contributed by atoms with van der Waals surface area (Å²) in [5, 5.41) is 24.6. The molecule has 0 unspecified atom stereocenters. The van der Waals surface area contributed by atoms with Crippen molar-refractivity contribution in [3.63, 3.8) is 0 Å². The fraction of sp³-hybridized carbons (Fsp3) is 0.429. The molecule has 1 N–H and O–H groups in total. The van der Waals surface area contributed by atoms with Gasteiger partial charge >= 0.3 is 23.9 Å². The summed E-state index contributed by atoms with van der Waals surface area (Å²) >= 11 is 0. The fourth-order valence-corrected chi connectivity index (χ4v) is 3.96. The van der Waals surface area contributed by atoms with E-state index in [4.69, 9.17) is 15.3 Å². The molecule has 228 valence electrons. The van der Waals surface area contributed by atoms with Crippen LogP contribution in [0.15, 0.2) is 42.5 Å². The number of nitro benzene ring substituents is 1. The second-order valence-corrected chi connectivity index (χ2v) is 9.21. The molecule has 2 fully saturated rings. The summed E-state index contributed by atoms with van der Waals surface area (Å²) in [5.41, 5.74) is 2.97. The van der Waals surface area contributed by atoms with Crippen LogP contribution in [0.3, 0.4) is 0 Å². The third-order valence-electron chi connectivity index (χ3n) is 6.39. The zero-order valence-electron chi connectivity index (χ0n) is 23.8. The van der Waals surface area contributed by atoms with Crippen molar-refractivity contribution in [3.05, 3.63) is 84.9 Å². The third kappa shape index (κ3) is 12.1. The smallest absolute Gasteiger partial charge is 0.338 e. The SMILES string of the molecule is CC(=O)OC(C)=O.COC(=O)c1ccc(C2CCC2)c([N+](=O)[O-])c1.COC(=O)c1ccc(C2CCC2)cc1.O=[N+]([O-])O. The fourth-order valence-electron chi connectivity index (χ4n) is 3.96. The summed E-state index contributed by atoms with van der Waals surface area (Å²) in [6.07, 6.45) is 7.00. The Bertz CT molecular complexity index is 1240. The van der Waals surface area contributed by atoms with Crippen LogP contribution in [0.25, 0.3) is 0 Å². The molecule has 0 heterocycles. The van der Waals surface area contributed by atoms with Crippen LogP contribution in [-0.4, -0.2) is 53.3 Å². The average Bonchev–Trinajstić information content (AvgIpc) is 2.86. The minimum atomic E-state index is -1.50. The number of carbonyl (C=O) groups is 4. The van der Waals surface area contributed by atoms with Gasteiger partial charge < -0.3 is 19.4 Å². The molecule has 0 atom stereocenters. The Morgan fingerprint density at radius 1 is 0.762 bits per heavy atom. The number of methoxy groups -OCH3 is 2. The molecule has 2 aliphatic rings. The summed E-state index contributed by atoms with van der Waals surface area (Å²) in [5.74, 6) is -0.942. The van der Waals surface area contributed by atoms with E-state index in [9.17, 15) is 29.3 Å². The van der Waals surface area contributed by atoms with Gasteiger partial charge in [0, 0.05) is 25.5 Å². The van der Waals surface area contributed by atoms with Gasteiger partial charge in [-0.2, -0.15) is 0 Å². The van der Waals surface area contributed by atoms with Gasteiger partial charge in [0.1, 0.15) is 0 Å². The van der Waals surface area contributed by atoms with E-state index in [-0.39, 0.29) is 23.1 Å². The highest BCUT2D eigenvalue weighted by atomic mass is 16.9. The second kappa shape index (κ2) is 17.7. The minimum Gasteiger partial charge on any atom is -0.465 e. The van der Waals surface area contributed by atoms with Gasteiger partial charge in [0.25, 0.3) is 10.8 Å². The van der Waals surface area contributed by atoms with Crippen LogP contribution in [0.1, 0.15) is 96.1 Å². The van der Waals surface area contributed by atoms with Gasteiger partial charge in [-0.3, -0.25) is 19.7 Å². The van der Waals surface area contributed by atoms with E-state index in [0.29, 0.717) is 5.56 Å². The van der Waals surface area contributed by atoms with Crippen molar-refractivity contribution in [2.75, 3.05) is 14.2 Å². The molecule has 4 rings (SSSR count). The summed E-state index contributed by atoms with van der Waals surface area (Å²) < 4.78 is 13.2. The molecule has 0 amide bonds. The lowest BCUT2D eigenvalue weighted by Gasteiger charge is -2.25. The topological polar surface area (TPSA) is 202 Å². The molecule has 2 aromatic rings. The maximum Gasteiger partial charge on any atom is 0.338 e. The lowest BCUT2D eigenvalue weighted by molar-refractivity contribution is -0.742. The summed E-state index contributed by atoms with van der Waals surface area (Å²) in [4.78, 5) is 61.0. The number of hydrogen-bond acceptors (Lipinski definition) is 11. The Balaban J connectivity index is 0.000000316. The predicted molar refractivity (Wildman–Crippen MR) is 147 cm³/mol. The lowest BCUT2D eigenvalue weighted by Crippen LogP contribution is -2.12. The van der Waals surface area contributed by atoms with Crippen LogP contribution < -0.4 is 0 Å². The first-order chi connectivity index (χ1) is 19.8. The molecule has 0 saturated heterocycles. The van der Waals surface area contributed by atoms with E-state index in [2.05, 4.69) is 14.2 Å². The zero-order valence-corrected chi connectivity index (χ0v) is 23.8. The van der Waals surface area contributed by atoms with Crippen molar-refractivity contribution in [3.8, 4) is 0 Å². The normalized spacial score (nSPS) is 13.3. The van der Waals surface area contributed by atoms with E-state index in [1.165, 1.54) is 59.0 Å². The van der Waals surface area contributed by atoms with Crippen LogP contribution in [0, 0.1) is 20.2 Å². The molecule has 14 heteroatoms. The minimum absolute atomic E-state index is 0.0256. The monoisotopic (exact) mass is 590 g/mol. The van der Waals surface area contributed by atoms with Gasteiger partial charge in [0.2, 0.25) is 0 Å². The molecule has 0 aliphatic heterocycles. The first-order valence-electron chi connectivity index (χ1n) is 12.9. The zero-order chi connectivity index (χ0) is 31.8. The van der Waals surface area contributed by atoms with E-state index >= 15 is 0 Å². The van der Waals surface area contributed by atoms with Crippen LogP contribution >= 0.6 is 0 Å². The first-order valence-corrected chi connectivity index (χ1v) is 12.9. The van der Waals surface area contributed by atoms with Crippen molar-refractivity contribution >= 4 is 29.6 Å². The Hall–Kier alpha value is -4.88. The molecular formula is C28H34N2O12. The lowest BCUT2D eigenvalue weighted by atomic mass is 9.79. The molecule has 2 aliphatic carbocycles. The highest BCUT2D eigenvalue weighted by Crippen LogP contribution is 2.41. The largest absolute Gasteiger partial charge is 0.465 e. The van der Waals surface area contributed by atoms with Crippen LogP contribution in [-0.2, 0) is 23.8 Å². The number of nitro groups is 1. The van der Waals surface area contributed by atoms with Crippen LogP contribution in [0.2, 0.25) is 0 Å². The molecule has 0 aromatic heterocycles. The van der Waals surface area contributed by atoms with Crippen molar-refractivity contribution in [1.29, 1.82) is 0 Å². The number of rotatable bonds is 5. The van der Waals surface area contributed by atoms with E-state index < -0.39 is 27.9 Å². The van der Waals surface area contributed by atoms with Gasteiger partial charge in [-0.25, -0.2) is 9.59 Å². The van der Waals surface area contributed by atoms with Crippen LogP contribution in [0.5, 0.6) is 0 Å². The number of hydrogen-bond donors (Lipinski definition) is 1. The molecule has 2 aromatic carbocycles. The van der Waals surface area contributed by atoms with E-state index in [0.717, 1.165) is 30.7 Å². The number of nitrogens with zero attached hydrogens (tertiary/aromatic N) is 2. The van der Waals surface area contributed by atoms with Crippen molar-refractivity contribution in [2.45, 2.75) is 64.2 Å². The molecular weight excluding hydrogens is 556 g/mol. The van der Waals surface area contributed by atoms with Crippen molar-refractivity contribution < 1.29 is 48.6 Å². The molecule has 42 heavy (non-hydrogen) atoms. The van der Waals surface area contributed by atoms with Gasteiger partial charge in [-0.15, -0.1) is 10.1 Å². The quantitative estimate of drug-likeness (QED) is 0.158. The maximum atomic E-state index is 11.3. The predicted octanol–water partition coefficient (Wildman–Crippen LogP) is 5.14. The van der Waals surface area contributed by atoms with Gasteiger partial charge in [-0.05, 0) is 61.3 Å².